The molecule has 0 saturated carbocycles. The fourth-order valence-corrected chi connectivity index (χ4v) is 4.57. The number of phenolic OH excluding ortho intramolecular Hbond substituents is 1. The second-order valence-corrected chi connectivity index (χ2v) is 9.38. The van der Waals surface area contributed by atoms with E-state index < -0.39 is 17.9 Å². The van der Waals surface area contributed by atoms with Crippen LogP contribution < -0.4 is 9.47 Å². The largest absolute Gasteiger partial charge is 0.502 e. The number of carboxylic acids is 1. The maximum absolute atomic E-state index is 13.2. The van der Waals surface area contributed by atoms with Gasteiger partial charge >= 0.3 is 11.9 Å². The van der Waals surface area contributed by atoms with Crippen molar-refractivity contribution in [2.45, 2.75) is 98.0 Å². The van der Waals surface area contributed by atoms with Gasteiger partial charge in [-0.2, -0.15) is 0 Å². The van der Waals surface area contributed by atoms with E-state index in [2.05, 4.69) is 27.7 Å². The number of hydrogen-bond donors (Lipinski definition) is 2. The molecule has 0 bridgehead atoms. The molecule has 0 aromatic heterocycles. The molecule has 35 heavy (non-hydrogen) atoms. The van der Waals surface area contributed by atoms with E-state index in [0.29, 0.717) is 11.5 Å². The molecule has 0 amide bonds. The topological polar surface area (TPSA) is 102 Å². The van der Waals surface area contributed by atoms with E-state index >= 15 is 0 Å². The summed E-state index contributed by atoms with van der Waals surface area (Å²) in [5.74, 6) is -2.53. The molecule has 1 aromatic rings. The van der Waals surface area contributed by atoms with Crippen molar-refractivity contribution in [3.05, 3.63) is 17.7 Å². The molecule has 7 nitrogen and oxygen atoms in total. The molecule has 0 radical (unpaired) electrons. The maximum Gasteiger partial charge on any atom is 0.320 e. The molecular weight excluding hydrogens is 448 g/mol. The summed E-state index contributed by atoms with van der Waals surface area (Å²) in [5, 5.41) is 20.0. The monoisotopic (exact) mass is 494 g/mol. The molecule has 4 unspecified atom stereocenters. The van der Waals surface area contributed by atoms with Crippen molar-refractivity contribution < 1.29 is 34.0 Å². The summed E-state index contributed by atoms with van der Waals surface area (Å²) in [4.78, 5) is 25.4. The van der Waals surface area contributed by atoms with Crippen LogP contribution in [0.2, 0.25) is 0 Å². The van der Waals surface area contributed by atoms with Gasteiger partial charge in [0.15, 0.2) is 17.4 Å². The third-order valence-corrected chi connectivity index (χ3v) is 6.92. The van der Waals surface area contributed by atoms with Crippen molar-refractivity contribution in [1.82, 2.24) is 0 Å². The van der Waals surface area contributed by atoms with Gasteiger partial charge < -0.3 is 24.4 Å². The van der Waals surface area contributed by atoms with Crippen LogP contribution in [0.5, 0.6) is 17.2 Å². The van der Waals surface area contributed by atoms with Crippen molar-refractivity contribution in [2.24, 2.45) is 17.8 Å². The van der Waals surface area contributed by atoms with E-state index in [4.69, 9.17) is 14.2 Å². The van der Waals surface area contributed by atoms with Gasteiger partial charge in [-0.1, -0.05) is 66.2 Å². The number of carbonyl (C=O) groups is 2. The van der Waals surface area contributed by atoms with Crippen molar-refractivity contribution in [1.29, 1.82) is 0 Å². The van der Waals surface area contributed by atoms with E-state index in [1.54, 1.807) is 0 Å². The second kappa shape index (κ2) is 16.3. The predicted octanol–water partition coefficient (Wildman–Crippen LogP) is 6.39. The quantitative estimate of drug-likeness (QED) is 0.180. The highest BCUT2D eigenvalue weighted by molar-refractivity contribution is 5.94. The predicted molar refractivity (Wildman–Crippen MR) is 137 cm³/mol. The lowest BCUT2D eigenvalue weighted by Gasteiger charge is -2.30. The number of ether oxygens (including phenoxy) is 3. The lowest BCUT2D eigenvalue weighted by atomic mass is 9.84. The minimum Gasteiger partial charge on any atom is -0.502 e. The van der Waals surface area contributed by atoms with Crippen LogP contribution in [-0.4, -0.2) is 42.5 Å². The zero-order valence-electron chi connectivity index (χ0n) is 22.5. The van der Waals surface area contributed by atoms with Crippen LogP contribution >= 0.6 is 0 Å². The van der Waals surface area contributed by atoms with Crippen LogP contribution in [0.3, 0.4) is 0 Å². The lowest BCUT2D eigenvalue weighted by Crippen LogP contribution is -2.35. The molecule has 0 heterocycles. The van der Waals surface area contributed by atoms with E-state index in [1.165, 1.54) is 26.4 Å². The fraction of sp³-hybridized carbons (Fsp3) is 0.714. The average Bonchev–Trinajstić information content (AvgIpc) is 2.85. The lowest BCUT2D eigenvalue weighted by molar-refractivity contribution is -0.165. The Morgan fingerprint density at radius 2 is 1.49 bits per heavy atom. The Balaban J connectivity index is 3.16. The molecular formula is C28H46O7. The van der Waals surface area contributed by atoms with Crippen LogP contribution in [0.4, 0.5) is 0 Å². The summed E-state index contributed by atoms with van der Waals surface area (Å²) in [6.07, 6.45) is 8.67. The van der Waals surface area contributed by atoms with Crippen molar-refractivity contribution >= 4 is 11.9 Å². The van der Waals surface area contributed by atoms with E-state index in [-0.39, 0.29) is 35.7 Å². The minimum absolute atomic E-state index is 0.0906. The van der Waals surface area contributed by atoms with Crippen LogP contribution in [0.1, 0.15) is 91.0 Å². The van der Waals surface area contributed by atoms with Gasteiger partial charge in [0.2, 0.25) is 5.75 Å². The van der Waals surface area contributed by atoms with E-state index in [0.717, 1.165) is 57.8 Å². The molecule has 4 atom stereocenters. The number of carbonyl (C=O) groups excluding carboxylic acids is 1. The summed E-state index contributed by atoms with van der Waals surface area (Å²) >= 11 is 0. The highest BCUT2D eigenvalue weighted by Crippen LogP contribution is 2.38. The smallest absolute Gasteiger partial charge is 0.320 e. The van der Waals surface area contributed by atoms with Crippen molar-refractivity contribution in [2.75, 3.05) is 14.2 Å². The first kappa shape index (κ1) is 30.6. The molecule has 1 rings (SSSR count). The third kappa shape index (κ3) is 9.61. The normalized spacial score (nSPS) is 14.6. The van der Waals surface area contributed by atoms with Crippen LogP contribution in [0.15, 0.2) is 12.1 Å². The molecule has 0 saturated heterocycles. The number of esters is 1. The zero-order valence-corrected chi connectivity index (χ0v) is 22.5. The van der Waals surface area contributed by atoms with Crippen LogP contribution in [-0.2, 0) is 20.7 Å². The van der Waals surface area contributed by atoms with Gasteiger partial charge in [0.1, 0.15) is 6.10 Å². The highest BCUT2D eigenvalue weighted by Gasteiger charge is 2.34. The molecule has 200 valence electrons. The number of phenols is 1. The van der Waals surface area contributed by atoms with Gasteiger partial charge in [0.25, 0.3) is 0 Å². The summed E-state index contributed by atoms with van der Waals surface area (Å²) in [6, 6.07) is 3.04. The summed E-state index contributed by atoms with van der Waals surface area (Å²) < 4.78 is 16.4. The summed E-state index contributed by atoms with van der Waals surface area (Å²) in [7, 11) is 2.80. The first-order chi connectivity index (χ1) is 16.8. The molecule has 1 aromatic carbocycles. The van der Waals surface area contributed by atoms with Gasteiger partial charge in [0.05, 0.1) is 14.2 Å². The van der Waals surface area contributed by atoms with Crippen LogP contribution in [0.25, 0.3) is 0 Å². The van der Waals surface area contributed by atoms with Crippen molar-refractivity contribution in [3.8, 4) is 17.2 Å². The number of unbranched alkanes of at least 4 members (excludes halogenated alkanes) is 2. The maximum atomic E-state index is 13.2. The molecule has 2 N–H and O–H groups in total. The Bertz CT molecular complexity index is 752. The van der Waals surface area contributed by atoms with Crippen molar-refractivity contribution in [3.63, 3.8) is 0 Å². The highest BCUT2D eigenvalue weighted by atomic mass is 16.5. The number of rotatable bonds is 18. The number of hydrogen-bond acceptors (Lipinski definition) is 6. The average molecular weight is 495 g/mol. The molecule has 0 aliphatic rings. The van der Waals surface area contributed by atoms with E-state index in [9.17, 15) is 19.8 Å². The third-order valence-electron chi connectivity index (χ3n) is 6.92. The van der Waals surface area contributed by atoms with E-state index in [1.807, 2.05) is 0 Å². The Morgan fingerprint density at radius 1 is 0.914 bits per heavy atom. The molecule has 7 heteroatoms. The SMILES string of the molecule is CCCCC(CC)CC(OC(=O)C(Cc1cc(OC)c(O)c(OC)c1)C(=O)O)C(CC)CCCC. The Morgan fingerprint density at radius 3 is 1.94 bits per heavy atom. The van der Waals surface area contributed by atoms with Gasteiger partial charge in [-0.15, -0.1) is 0 Å². The Labute approximate surface area is 211 Å². The Kier molecular flexibility index (Phi) is 14.2. The second-order valence-electron chi connectivity index (χ2n) is 9.38. The first-order valence-corrected chi connectivity index (χ1v) is 13.1. The molecule has 0 fully saturated rings. The number of benzene rings is 1. The fourth-order valence-electron chi connectivity index (χ4n) is 4.57. The number of carboxylic acid groups (broad SMARTS) is 1. The first-order valence-electron chi connectivity index (χ1n) is 13.1. The van der Waals surface area contributed by atoms with Gasteiger partial charge in [-0.3, -0.25) is 9.59 Å². The van der Waals surface area contributed by atoms with Crippen LogP contribution in [0, 0.1) is 17.8 Å². The molecule has 0 spiro atoms. The van der Waals surface area contributed by atoms with Gasteiger partial charge in [-0.05, 0) is 55.2 Å². The number of methoxy groups -OCH3 is 2. The number of aliphatic carboxylic acids is 1. The summed E-state index contributed by atoms with van der Waals surface area (Å²) in [6.45, 7) is 8.59. The number of aromatic hydroxyl groups is 1. The standard InChI is InChI=1S/C28H46O7/c1-7-11-13-19(9-3)16-23(21(10-4)14-12-8-2)35-28(32)22(27(30)31)15-20-17-24(33-5)26(29)25(18-20)34-6/h17-19,21-23,29H,7-16H2,1-6H3,(H,30,31). The molecule has 0 aliphatic heterocycles. The Hall–Kier alpha value is -2.44. The summed E-state index contributed by atoms with van der Waals surface area (Å²) in [5.41, 5.74) is 0.504. The van der Waals surface area contributed by atoms with Gasteiger partial charge in [-0.25, -0.2) is 0 Å². The molecule has 0 aliphatic carbocycles. The minimum atomic E-state index is -1.36. The van der Waals surface area contributed by atoms with Gasteiger partial charge in [0, 0.05) is 0 Å². The zero-order chi connectivity index (χ0) is 26.4.